The molecule has 5 heteroatoms. The fourth-order valence-electron chi connectivity index (χ4n) is 9.54. The van der Waals surface area contributed by atoms with Crippen LogP contribution in [0.4, 0.5) is 0 Å². The second kappa shape index (κ2) is 12.3. The highest BCUT2D eigenvalue weighted by Gasteiger charge is 2.51. The van der Waals surface area contributed by atoms with E-state index in [4.69, 9.17) is 14.4 Å². The summed E-state index contributed by atoms with van der Waals surface area (Å²) in [6.45, 7) is 0. The molecule has 12 rings (SSSR count). The molecule has 11 aromatic rings. The van der Waals surface area contributed by atoms with Crippen molar-refractivity contribution in [3.8, 4) is 39.5 Å². The summed E-state index contributed by atoms with van der Waals surface area (Å²) in [7, 11) is -2.90. The fourth-order valence-corrected chi connectivity index (χ4v) is 14.5. The molecule has 3 aromatic heterocycles. The average molecular weight is 744 g/mol. The third-order valence-corrected chi connectivity index (χ3v) is 16.6. The first kappa shape index (κ1) is 32.0. The molecule has 0 radical (unpaired) electrons. The number of hydrogen-bond acceptors (Lipinski definition) is 3. The lowest BCUT2D eigenvalue weighted by Crippen LogP contribution is -2.73. The van der Waals surface area contributed by atoms with Gasteiger partial charge >= 0.3 is 0 Å². The van der Waals surface area contributed by atoms with E-state index in [2.05, 4.69) is 199 Å². The maximum absolute atomic E-state index is 6.37. The van der Waals surface area contributed by atoms with Crippen molar-refractivity contribution in [2.45, 2.75) is 0 Å². The molecule has 266 valence electrons. The predicted octanol–water partition coefficient (Wildman–Crippen LogP) is 10.2. The number of para-hydroxylation sites is 2. The number of furan rings is 1. The zero-order valence-corrected chi connectivity index (χ0v) is 31.8. The van der Waals surface area contributed by atoms with Gasteiger partial charge in [-0.3, -0.25) is 0 Å². The number of fused-ring (bicyclic) bond motifs is 10. The van der Waals surface area contributed by atoms with Gasteiger partial charge < -0.3 is 8.98 Å². The Bertz CT molecular complexity index is 3310. The van der Waals surface area contributed by atoms with Crippen LogP contribution in [0.3, 0.4) is 0 Å². The molecule has 0 aliphatic carbocycles. The van der Waals surface area contributed by atoms with Crippen LogP contribution in [0.5, 0.6) is 0 Å². The van der Waals surface area contributed by atoms with E-state index in [1.54, 1.807) is 0 Å². The molecule has 0 bridgehead atoms. The van der Waals surface area contributed by atoms with Crippen molar-refractivity contribution in [1.29, 1.82) is 0 Å². The van der Waals surface area contributed by atoms with Crippen molar-refractivity contribution in [1.82, 2.24) is 14.5 Å². The van der Waals surface area contributed by atoms with Gasteiger partial charge in [0.05, 0.1) is 22.0 Å². The molecule has 1 aliphatic rings. The highest BCUT2D eigenvalue weighted by Crippen LogP contribution is 2.42. The first-order valence-corrected chi connectivity index (χ1v) is 21.4. The summed E-state index contributed by atoms with van der Waals surface area (Å²) in [4.78, 5) is 11.3. The highest BCUT2D eigenvalue weighted by atomic mass is 28.3. The Balaban J connectivity index is 1.15. The average Bonchev–Trinajstić information content (AvgIpc) is 3.93. The number of hydrogen-bond donors (Lipinski definition) is 0. The molecule has 0 saturated carbocycles. The van der Waals surface area contributed by atoms with Gasteiger partial charge in [0.25, 0.3) is 0 Å². The van der Waals surface area contributed by atoms with Crippen molar-refractivity contribution >= 4 is 72.7 Å². The highest BCUT2D eigenvalue weighted by molar-refractivity contribution is 7.21. The minimum Gasteiger partial charge on any atom is -0.456 e. The van der Waals surface area contributed by atoms with Gasteiger partial charge in [-0.25, -0.2) is 9.97 Å². The Kier molecular flexibility index (Phi) is 6.91. The van der Waals surface area contributed by atoms with Gasteiger partial charge in [-0.15, -0.1) is 0 Å². The van der Waals surface area contributed by atoms with Crippen LogP contribution in [0.25, 0.3) is 83.2 Å². The summed E-state index contributed by atoms with van der Waals surface area (Å²) in [6.07, 6.45) is 0. The van der Waals surface area contributed by atoms with Gasteiger partial charge in [-0.05, 0) is 57.5 Å². The Morgan fingerprint density at radius 1 is 0.456 bits per heavy atom. The number of benzene rings is 8. The predicted molar refractivity (Wildman–Crippen MR) is 237 cm³/mol. The van der Waals surface area contributed by atoms with Crippen LogP contribution in [0, 0.1) is 0 Å². The summed E-state index contributed by atoms with van der Waals surface area (Å²) in [5.41, 5.74) is 10.5. The number of aromatic nitrogens is 3. The molecule has 0 atom stereocenters. The lowest BCUT2D eigenvalue weighted by molar-refractivity contribution is 0.669. The molecule has 0 saturated heterocycles. The topological polar surface area (TPSA) is 43.9 Å². The van der Waals surface area contributed by atoms with E-state index in [0.29, 0.717) is 0 Å². The Morgan fingerprint density at radius 2 is 1.11 bits per heavy atom. The van der Waals surface area contributed by atoms with E-state index < -0.39 is 8.07 Å². The lowest BCUT2D eigenvalue weighted by atomic mass is 10.0. The molecule has 4 heterocycles. The van der Waals surface area contributed by atoms with E-state index in [9.17, 15) is 0 Å². The van der Waals surface area contributed by atoms with E-state index in [-0.39, 0.29) is 0 Å². The van der Waals surface area contributed by atoms with E-state index in [0.717, 1.165) is 72.2 Å². The summed E-state index contributed by atoms with van der Waals surface area (Å²) in [5.74, 6) is 0.718. The second-order valence-electron chi connectivity index (χ2n) is 14.8. The molecule has 57 heavy (non-hydrogen) atoms. The Labute approximate surface area is 330 Å². The zero-order valence-electron chi connectivity index (χ0n) is 30.8. The van der Waals surface area contributed by atoms with Crippen LogP contribution in [-0.4, -0.2) is 22.6 Å². The van der Waals surface area contributed by atoms with Crippen LogP contribution in [0.15, 0.2) is 205 Å². The van der Waals surface area contributed by atoms with E-state index in [1.807, 2.05) is 6.07 Å². The normalized spacial score (nSPS) is 13.1. The zero-order chi connectivity index (χ0) is 37.5. The minimum atomic E-state index is -2.90. The summed E-state index contributed by atoms with van der Waals surface area (Å²) in [5, 5.41) is 9.74. The summed E-state index contributed by atoms with van der Waals surface area (Å²) in [6, 6.07) is 71.8. The first-order chi connectivity index (χ1) is 28.3. The van der Waals surface area contributed by atoms with Crippen molar-refractivity contribution in [2.24, 2.45) is 0 Å². The van der Waals surface area contributed by atoms with Gasteiger partial charge in [-0.1, -0.05) is 164 Å². The largest absolute Gasteiger partial charge is 0.456 e. The van der Waals surface area contributed by atoms with Gasteiger partial charge in [0, 0.05) is 43.9 Å². The monoisotopic (exact) mass is 743 g/mol. The SMILES string of the molecule is c1ccc(-c2nc(-c3cccc(-n4c5ccccc5c5c6c(ccc54)oc4ccccc46)c3)nc3c2-c2ccccc2[Si]3(c2ccccc2)c2ccccc2)cc1. The molecule has 0 N–H and O–H groups in total. The van der Waals surface area contributed by atoms with Crippen LogP contribution < -0.4 is 20.9 Å². The van der Waals surface area contributed by atoms with Crippen LogP contribution in [0.2, 0.25) is 0 Å². The molecule has 4 nitrogen and oxygen atoms in total. The van der Waals surface area contributed by atoms with Gasteiger partial charge in [0.1, 0.15) is 11.2 Å². The molecule has 1 aliphatic heterocycles. The molecule has 8 aromatic carbocycles. The molecular formula is C52H33N3OSi. The van der Waals surface area contributed by atoms with Crippen LogP contribution >= 0.6 is 0 Å². The van der Waals surface area contributed by atoms with Gasteiger partial charge in [0.15, 0.2) is 5.82 Å². The summed E-state index contributed by atoms with van der Waals surface area (Å²) < 4.78 is 8.75. The second-order valence-corrected chi connectivity index (χ2v) is 18.5. The van der Waals surface area contributed by atoms with Gasteiger partial charge in [0.2, 0.25) is 8.07 Å². The Hall–Kier alpha value is -7.34. The fraction of sp³-hybridized carbons (Fsp3) is 0. The van der Waals surface area contributed by atoms with Crippen molar-refractivity contribution < 1.29 is 4.42 Å². The number of nitrogens with zero attached hydrogens (tertiary/aromatic N) is 3. The lowest BCUT2D eigenvalue weighted by Gasteiger charge is -2.30. The maximum Gasteiger partial charge on any atom is 0.203 e. The Morgan fingerprint density at radius 3 is 1.89 bits per heavy atom. The smallest absolute Gasteiger partial charge is 0.203 e. The first-order valence-electron chi connectivity index (χ1n) is 19.4. The van der Waals surface area contributed by atoms with Crippen molar-refractivity contribution in [2.75, 3.05) is 0 Å². The van der Waals surface area contributed by atoms with Gasteiger partial charge in [-0.2, -0.15) is 0 Å². The van der Waals surface area contributed by atoms with Crippen LogP contribution in [0.1, 0.15) is 0 Å². The van der Waals surface area contributed by atoms with Crippen LogP contribution in [-0.2, 0) is 0 Å². The quantitative estimate of drug-likeness (QED) is 0.165. The van der Waals surface area contributed by atoms with E-state index in [1.165, 1.54) is 31.9 Å². The third-order valence-electron chi connectivity index (χ3n) is 11.9. The molecule has 0 unspecified atom stereocenters. The maximum atomic E-state index is 6.37. The number of rotatable bonds is 5. The standard InChI is InChI=1S/C52H33N3OSi/c1-4-17-34(18-5-1)50-49-41-27-12-15-30-46(41)57(37-21-6-2-7-22-37,38-23-8-3-9-24-38)52(49)54-51(53-50)35-19-16-20-36(33-35)55-42-28-13-10-25-39(42)47-43(55)31-32-45-48(47)40-26-11-14-29-44(40)56-45/h1-33H. The molecule has 0 fully saturated rings. The summed E-state index contributed by atoms with van der Waals surface area (Å²) >= 11 is 0. The molecule has 0 spiro atoms. The van der Waals surface area contributed by atoms with E-state index >= 15 is 0 Å². The molecular weight excluding hydrogens is 711 g/mol. The third kappa shape index (κ3) is 4.55. The minimum absolute atomic E-state index is 0.718. The molecule has 0 amide bonds. The van der Waals surface area contributed by atoms with Crippen molar-refractivity contribution in [3.05, 3.63) is 200 Å². The van der Waals surface area contributed by atoms with Crippen molar-refractivity contribution in [3.63, 3.8) is 0 Å².